The third kappa shape index (κ3) is 7.35. The van der Waals surface area contributed by atoms with Crippen molar-refractivity contribution in [3.63, 3.8) is 0 Å². The lowest BCUT2D eigenvalue weighted by molar-refractivity contribution is -0.136. The largest absolute Gasteiger partial charge is 0.447 e. The van der Waals surface area contributed by atoms with E-state index in [4.69, 9.17) is 9.26 Å². The highest BCUT2D eigenvalue weighted by molar-refractivity contribution is 5.84. The third-order valence-electron chi connectivity index (χ3n) is 5.27. The van der Waals surface area contributed by atoms with Gasteiger partial charge in [-0.1, -0.05) is 67.4 Å². The second kappa shape index (κ2) is 12.6. The lowest BCUT2D eigenvalue weighted by Crippen LogP contribution is -2.50. The maximum absolute atomic E-state index is 14.0. The molecule has 35 heavy (non-hydrogen) atoms. The van der Waals surface area contributed by atoms with Gasteiger partial charge in [0.2, 0.25) is 5.91 Å². The third-order valence-corrected chi connectivity index (χ3v) is 5.27. The standard InChI is InChI=1S/C25H28F2N4O4/c1-3-4-12-20(31(17(2)32)28-15-19-11-8-13-21(26)24(19)27)16-34-25(33)29-23-14-22(35-30-23)18-9-6-5-7-10-18/h5-11,13-14,20,28H,3-4,12,15-16H2,1-2H3,(H,29,30,33)/t20-/m0/s1. The molecule has 0 saturated carbocycles. The molecule has 0 aliphatic rings. The first-order valence-corrected chi connectivity index (χ1v) is 11.3. The Morgan fingerprint density at radius 2 is 1.91 bits per heavy atom. The summed E-state index contributed by atoms with van der Waals surface area (Å²) in [6, 6.07) is 14.2. The quantitative estimate of drug-likeness (QED) is 0.358. The van der Waals surface area contributed by atoms with Crippen LogP contribution in [-0.4, -0.2) is 34.8 Å². The van der Waals surface area contributed by atoms with Crippen molar-refractivity contribution in [2.45, 2.75) is 45.7 Å². The van der Waals surface area contributed by atoms with Crippen LogP contribution >= 0.6 is 0 Å². The number of carbonyl (C=O) groups is 2. The van der Waals surface area contributed by atoms with Gasteiger partial charge in [-0.3, -0.25) is 15.1 Å². The predicted molar refractivity (Wildman–Crippen MR) is 126 cm³/mol. The Bertz CT molecular complexity index is 1120. The van der Waals surface area contributed by atoms with E-state index in [0.717, 1.165) is 24.5 Å². The molecule has 186 valence electrons. The second-order valence-corrected chi connectivity index (χ2v) is 7.90. The van der Waals surface area contributed by atoms with Crippen molar-refractivity contribution in [1.82, 2.24) is 15.6 Å². The Hall–Kier alpha value is -3.79. The van der Waals surface area contributed by atoms with Crippen molar-refractivity contribution in [2.24, 2.45) is 0 Å². The number of aromatic nitrogens is 1. The summed E-state index contributed by atoms with van der Waals surface area (Å²) in [5, 5.41) is 7.61. The number of hydrazine groups is 1. The summed E-state index contributed by atoms with van der Waals surface area (Å²) < 4.78 is 38.1. The smallest absolute Gasteiger partial charge is 0.412 e. The minimum Gasteiger partial charge on any atom is -0.447 e. The summed E-state index contributed by atoms with van der Waals surface area (Å²) in [5.41, 5.74) is 3.72. The lowest BCUT2D eigenvalue weighted by Gasteiger charge is -2.31. The molecule has 0 bridgehead atoms. The van der Waals surface area contributed by atoms with Gasteiger partial charge in [-0.05, 0) is 12.5 Å². The van der Waals surface area contributed by atoms with Gasteiger partial charge in [-0.2, -0.15) is 0 Å². The fourth-order valence-electron chi connectivity index (χ4n) is 3.46. The average Bonchev–Trinajstić information content (AvgIpc) is 3.31. The van der Waals surface area contributed by atoms with Crippen molar-refractivity contribution in [3.8, 4) is 11.3 Å². The molecule has 3 rings (SSSR count). The zero-order chi connectivity index (χ0) is 25.2. The number of nitrogens with one attached hydrogen (secondary N) is 2. The minimum atomic E-state index is -0.980. The van der Waals surface area contributed by atoms with E-state index in [9.17, 15) is 18.4 Å². The Morgan fingerprint density at radius 3 is 2.63 bits per heavy atom. The number of benzene rings is 2. The van der Waals surface area contributed by atoms with Gasteiger partial charge in [-0.25, -0.2) is 19.0 Å². The summed E-state index contributed by atoms with van der Waals surface area (Å²) in [6.45, 7) is 3.11. The molecule has 0 spiro atoms. The van der Waals surface area contributed by atoms with Crippen LogP contribution in [0.3, 0.4) is 0 Å². The molecule has 2 aromatic carbocycles. The Labute approximate surface area is 202 Å². The first-order chi connectivity index (χ1) is 16.9. The first-order valence-electron chi connectivity index (χ1n) is 11.3. The van der Waals surface area contributed by atoms with Crippen LogP contribution in [0.4, 0.5) is 19.4 Å². The number of hydrogen-bond donors (Lipinski definition) is 2. The predicted octanol–water partition coefficient (Wildman–Crippen LogP) is 5.28. The van der Waals surface area contributed by atoms with Crippen molar-refractivity contribution in [3.05, 3.63) is 71.8 Å². The molecular formula is C25H28F2N4O4. The van der Waals surface area contributed by atoms with Gasteiger partial charge in [0.15, 0.2) is 23.2 Å². The number of unbranched alkanes of at least 4 members (excludes halogenated alkanes) is 1. The van der Waals surface area contributed by atoms with Crippen LogP contribution in [0.2, 0.25) is 0 Å². The monoisotopic (exact) mass is 486 g/mol. The maximum Gasteiger partial charge on any atom is 0.412 e. The molecule has 1 aromatic heterocycles. The molecular weight excluding hydrogens is 458 g/mol. The molecule has 2 amide bonds. The van der Waals surface area contributed by atoms with E-state index in [1.54, 1.807) is 6.07 Å². The molecule has 0 aliphatic heterocycles. The van der Waals surface area contributed by atoms with Crippen LogP contribution in [-0.2, 0) is 16.1 Å². The molecule has 1 heterocycles. The Kier molecular flexibility index (Phi) is 9.31. The lowest BCUT2D eigenvalue weighted by atomic mass is 10.1. The molecule has 0 aliphatic carbocycles. The van der Waals surface area contributed by atoms with E-state index in [-0.39, 0.29) is 30.4 Å². The number of rotatable bonds is 11. The topological polar surface area (TPSA) is 96.7 Å². The first kappa shape index (κ1) is 25.8. The molecule has 0 saturated heterocycles. The van der Waals surface area contributed by atoms with E-state index in [1.807, 2.05) is 37.3 Å². The summed E-state index contributed by atoms with van der Waals surface area (Å²) in [5.74, 6) is -1.63. The summed E-state index contributed by atoms with van der Waals surface area (Å²) in [4.78, 5) is 24.7. The van der Waals surface area contributed by atoms with Gasteiger partial charge >= 0.3 is 6.09 Å². The minimum absolute atomic E-state index is 0.0735. The summed E-state index contributed by atoms with van der Waals surface area (Å²) >= 11 is 0. The van der Waals surface area contributed by atoms with E-state index >= 15 is 0 Å². The molecule has 0 unspecified atom stereocenters. The number of halogens is 2. The van der Waals surface area contributed by atoms with Crippen LogP contribution in [0, 0.1) is 11.6 Å². The van der Waals surface area contributed by atoms with E-state index in [1.165, 1.54) is 24.1 Å². The normalized spacial score (nSPS) is 11.7. The van der Waals surface area contributed by atoms with Crippen molar-refractivity contribution >= 4 is 17.8 Å². The van der Waals surface area contributed by atoms with Crippen LogP contribution in [0.25, 0.3) is 11.3 Å². The van der Waals surface area contributed by atoms with E-state index in [2.05, 4.69) is 15.9 Å². The number of hydrogen-bond acceptors (Lipinski definition) is 6. The number of carbonyl (C=O) groups excluding carboxylic acids is 2. The highest BCUT2D eigenvalue weighted by Gasteiger charge is 2.23. The van der Waals surface area contributed by atoms with Gasteiger partial charge in [-0.15, -0.1) is 0 Å². The van der Waals surface area contributed by atoms with Gasteiger partial charge < -0.3 is 9.26 Å². The van der Waals surface area contributed by atoms with Crippen molar-refractivity contribution < 1.29 is 27.6 Å². The molecule has 8 nitrogen and oxygen atoms in total. The summed E-state index contributed by atoms with van der Waals surface area (Å²) in [7, 11) is 0. The number of ether oxygens (including phenoxy) is 1. The van der Waals surface area contributed by atoms with E-state index in [0.29, 0.717) is 12.2 Å². The highest BCUT2D eigenvalue weighted by Crippen LogP contribution is 2.22. The van der Waals surface area contributed by atoms with E-state index < -0.39 is 23.8 Å². The fraction of sp³-hybridized carbons (Fsp3) is 0.320. The number of amides is 2. The van der Waals surface area contributed by atoms with Crippen LogP contribution < -0.4 is 10.7 Å². The van der Waals surface area contributed by atoms with Crippen molar-refractivity contribution in [1.29, 1.82) is 0 Å². The Morgan fingerprint density at radius 1 is 1.14 bits per heavy atom. The zero-order valence-corrected chi connectivity index (χ0v) is 19.6. The fourth-order valence-corrected chi connectivity index (χ4v) is 3.46. The zero-order valence-electron chi connectivity index (χ0n) is 19.6. The molecule has 0 fully saturated rings. The van der Waals surface area contributed by atoms with Crippen molar-refractivity contribution in [2.75, 3.05) is 11.9 Å². The highest BCUT2D eigenvalue weighted by atomic mass is 19.2. The SMILES string of the molecule is CCCC[C@@H](COC(=O)Nc1cc(-c2ccccc2)on1)N(NCc1cccc(F)c1F)C(C)=O. The molecule has 1 atom stereocenters. The molecule has 10 heteroatoms. The Balaban J connectivity index is 1.61. The molecule has 2 N–H and O–H groups in total. The van der Waals surface area contributed by atoms with Crippen LogP contribution in [0.15, 0.2) is 59.1 Å². The van der Waals surface area contributed by atoms with Gasteiger partial charge in [0.05, 0.1) is 6.04 Å². The van der Waals surface area contributed by atoms with Gasteiger partial charge in [0.1, 0.15) is 6.61 Å². The number of nitrogens with zero attached hydrogens (tertiary/aromatic N) is 2. The number of anilines is 1. The van der Waals surface area contributed by atoms with Crippen LogP contribution in [0.5, 0.6) is 0 Å². The average molecular weight is 487 g/mol. The molecule has 0 radical (unpaired) electrons. The molecule has 3 aromatic rings. The van der Waals surface area contributed by atoms with Gasteiger partial charge in [0, 0.05) is 30.7 Å². The van der Waals surface area contributed by atoms with Gasteiger partial charge in [0.25, 0.3) is 0 Å². The summed E-state index contributed by atoms with van der Waals surface area (Å²) in [6.07, 6.45) is 1.39. The second-order valence-electron chi connectivity index (χ2n) is 7.90. The maximum atomic E-state index is 14.0. The van der Waals surface area contributed by atoms with Crippen LogP contribution in [0.1, 0.15) is 38.7 Å².